The fourth-order valence-electron chi connectivity index (χ4n) is 3.33. The van der Waals surface area contributed by atoms with Crippen molar-refractivity contribution in [3.05, 3.63) is 12.2 Å². The first-order chi connectivity index (χ1) is 9.09. The van der Waals surface area contributed by atoms with Gasteiger partial charge >= 0.3 is 0 Å². The van der Waals surface area contributed by atoms with Crippen molar-refractivity contribution < 1.29 is 9.59 Å². The maximum Gasteiger partial charge on any atom is 0.246 e. The lowest BCUT2D eigenvalue weighted by Gasteiger charge is -2.44. The smallest absolute Gasteiger partial charge is 0.246 e. The number of rotatable bonds is 3. The van der Waals surface area contributed by atoms with E-state index in [1.807, 2.05) is 18.7 Å². The largest absolute Gasteiger partial charge is 0.342 e. The Kier molecular flexibility index (Phi) is 3.11. The number of amides is 2. The van der Waals surface area contributed by atoms with Crippen molar-refractivity contribution in [3.8, 4) is 0 Å². The van der Waals surface area contributed by atoms with Crippen LogP contribution in [0.1, 0.15) is 39.5 Å². The summed E-state index contributed by atoms with van der Waals surface area (Å²) in [7, 11) is 0. The zero-order chi connectivity index (χ0) is 13.6. The molecule has 2 aliphatic carbocycles. The highest BCUT2D eigenvalue weighted by Gasteiger charge is 2.49. The second kappa shape index (κ2) is 4.66. The molecule has 1 aliphatic heterocycles. The summed E-state index contributed by atoms with van der Waals surface area (Å²) in [6.07, 6.45) is 8.15. The molecule has 4 nitrogen and oxygen atoms in total. The number of carbonyl (C=O) groups is 2. The van der Waals surface area contributed by atoms with Gasteiger partial charge in [0.05, 0.1) is 0 Å². The third-order valence-corrected chi connectivity index (χ3v) is 4.49. The number of piperazine rings is 1. The van der Waals surface area contributed by atoms with Gasteiger partial charge in [0.1, 0.15) is 12.1 Å². The molecule has 0 radical (unpaired) electrons. The number of nitrogens with one attached hydrogen (secondary N) is 1. The van der Waals surface area contributed by atoms with Gasteiger partial charge in [0.2, 0.25) is 11.8 Å². The Morgan fingerprint density at radius 3 is 2.37 bits per heavy atom. The summed E-state index contributed by atoms with van der Waals surface area (Å²) >= 11 is 0. The molecule has 0 aromatic heterocycles. The topological polar surface area (TPSA) is 49.4 Å². The summed E-state index contributed by atoms with van der Waals surface area (Å²) in [4.78, 5) is 27.0. The molecule has 2 fully saturated rings. The lowest BCUT2D eigenvalue weighted by molar-refractivity contribution is -0.154. The molecule has 3 rings (SSSR count). The maximum atomic E-state index is 12.7. The Labute approximate surface area is 114 Å². The van der Waals surface area contributed by atoms with Crippen molar-refractivity contribution in [1.82, 2.24) is 10.2 Å². The van der Waals surface area contributed by atoms with Crippen LogP contribution < -0.4 is 5.32 Å². The van der Waals surface area contributed by atoms with E-state index in [1.54, 1.807) is 0 Å². The van der Waals surface area contributed by atoms with E-state index < -0.39 is 0 Å². The summed E-state index contributed by atoms with van der Waals surface area (Å²) in [6, 6.07) is -0.373. The van der Waals surface area contributed by atoms with E-state index in [9.17, 15) is 9.59 Å². The fourth-order valence-corrected chi connectivity index (χ4v) is 3.33. The number of carbonyl (C=O) groups excluding carboxylic acids is 2. The molecular formula is C15H22N2O2. The zero-order valence-corrected chi connectivity index (χ0v) is 11.6. The molecule has 0 bridgehead atoms. The highest BCUT2D eigenvalue weighted by molar-refractivity contribution is 5.97. The van der Waals surface area contributed by atoms with Crippen molar-refractivity contribution in [2.45, 2.75) is 57.7 Å². The molecular weight excluding hydrogens is 240 g/mol. The van der Waals surface area contributed by atoms with Gasteiger partial charge in [-0.2, -0.15) is 0 Å². The Hall–Kier alpha value is -1.32. The SMILES string of the molecule is CC(C)C1C(=O)NC(C2CC2)C(=O)N1C1CC=CC1. The van der Waals surface area contributed by atoms with Crippen LogP contribution in [0.15, 0.2) is 12.2 Å². The third kappa shape index (κ3) is 2.17. The Morgan fingerprint density at radius 1 is 1.21 bits per heavy atom. The van der Waals surface area contributed by atoms with E-state index >= 15 is 0 Å². The lowest BCUT2D eigenvalue weighted by Crippen LogP contribution is -2.67. The standard InChI is InChI=1S/C15H22N2O2/c1-9(2)13-14(18)16-12(10-7-8-10)15(19)17(13)11-5-3-4-6-11/h3-4,9-13H,5-8H2,1-2H3,(H,16,18). The number of hydrogen-bond acceptors (Lipinski definition) is 2. The molecule has 2 atom stereocenters. The highest BCUT2D eigenvalue weighted by atomic mass is 16.2. The van der Waals surface area contributed by atoms with Gasteiger partial charge in [0.25, 0.3) is 0 Å². The first kappa shape index (κ1) is 12.7. The number of hydrogen-bond donors (Lipinski definition) is 1. The molecule has 104 valence electrons. The molecule has 19 heavy (non-hydrogen) atoms. The van der Waals surface area contributed by atoms with Crippen LogP contribution in [0.4, 0.5) is 0 Å². The molecule has 2 unspecified atom stereocenters. The van der Waals surface area contributed by atoms with Gasteiger partial charge in [-0.05, 0) is 37.5 Å². The molecule has 3 aliphatic rings. The third-order valence-electron chi connectivity index (χ3n) is 4.49. The van der Waals surface area contributed by atoms with Gasteiger partial charge in [-0.25, -0.2) is 0 Å². The monoisotopic (exact) mass is 262 g/mol. The summed E-state index contributed by atoms with van der Waals surface area (Å²) < 4.78 is 0. The van der Waals surface area contributed by atoms with Gasteiger partial charge in [0, 0.05) is 6.04 Å². The van der Waals surface area contributed by atoms with Crippen molar-refractivity contribution in [3.63, 3.8) is 0 Å². The molecule has 0 aromatic carbocycles. The van der Waals surface area contributed by atoms with Crippen LogP contribution in [0, 0.1) is 11.8 Å². The minimum absolute atomic E-state index is 0.0402. The molecule has 1 saturated heterocycles. The Balaban J connectivity index is 1.87. The number of nitrogens with zero attached hydrogens (tertiary/aromatic N) is 1. The summed E-state index contributed by atoms with van der Waals surface area (Å²) in [5.74, 6) is 0.721. The van der Waals surface area contributed by atoms with Crippen LogP contribution in [0.3, 0.4) is 0 Å². The lowest BCUT2D eigenvalue weighted by atomic mass is 9.93. The van der Waals surface area contributed by atoms with Gasteiger partial charge < -0.3 is 10.2 Å². The first-order valence-corrected chi connectivity index (χ1v) is 7.37. The minimum Gasteiger partial charge on any atom is -0.342 e. The van der Waals surface area contributed by atoms with Gasteiger partial charge in [-0.15, -0.1) is 0 Å². The summed E-state index contributed by atoms with van der Waals surface area (Å²) in [5.41, 5.74) is 0. The predicted octanol–water partition coefficient (Wildman–Crippen LogP) is 1.47. The van der Waals surface area contributed by atoms with Crippen LogP contribution in [-0.2, 0) is 9.59 Å². The molecule has 2 amide bonds. The average Bonchev–Trinajstić information content (AvgIpc) is 3.06. The van der Waals surface area contributed by atoms with Gasteiger partial charge in [0.15, 0.2) is 0 Å². The van der Waals surface area contributed by atoms with Crippen LogP contribution in [0.5, 0.6) is 0 Å². The Bertz CT molecular complexity index is 418. The molecule has 0 spiro atoms. The minimum atomic E-state index is -0.299. The van der Waals surface area contributed by atoms with Crippen molar-refractivity contribution in [2.75, 3.05) is 0 Å². The summed E-state index contributed by atoms with van der Waals surface area (Å²) in [5, 5.41) is 2.96. The van der Waals surface area contributed by atoms with E-state index in [-0.39, 0.29) is 35.9 Å². The molecule has 0 aromatic rings. The molecule has 1 saturated carbocycles. The van der Waals surface area contributed by atoms with E-state index in [1.165, 1.54) is 0 Å². The average molecular weight is 262 g/mol. The van der Waals surface area contributed by atoms with Gasteiger partial charge in [-0.1, -0.05) is 26.0 Å². The highest BCUT2D eigenvalue weighted by Crippen LogP contribution is 2.37. The van der Waals surface area contributed by atoms with Crippen LogP contribution in [0.25, 0.3) is 0 Å². The van der Waals surface area contributed by atoms with Crippen LogP contribution in [0.2, 0.25) is 0 Å². The van der Waals surface area contributed by atoms with Crippen molar-refractivity contribution in [1.29, 1.82) is 0 Å². The quantitative estimate of drug-likeness (QED) is 0.783. The second-order valence-corrected chi connectivity index (χ2v) is 6.35. The van der Waals surface area contributed by atoms with E-state index in [0.29, 0.717) is 5.92 Å². The molecule has 4 heteroatoms. The maximum absolute atomic E-state index is 12.7. The van der Waals surface area contributed by atoms with E-state index in [4.69, 9.17) is 0 Å². The van der Waals surface area contributed by atoms with Crippen LogP contribution >= 0.6 is 0 Å². The fraction of sp³-hybridized carbons (Fsp3) is 0.733. The Morgan fingerprint density at radius 2 is 1.84 bits per heavy atom. The summed E-state index contributed by atoms with van der Waals surface area (Å²) in [6.45, 7) is 4.04. The predicted molar refractivity (Wildman–Crippen MR) is 72.3 cm³/mol. The van der Waals surface area contributed by atoms with Crippen molar-refractivity contribution in [2.24, 2.45) is 11.8 Å². The zero-order valence-electron chi connectivity index (χ0n) is 11.6. The first-order valence-electron chi connectivity index (χ1n) is 7.37. The normalized spacial score (nSPS) is 32.3. The van der Waals surface area contributed by atoms with Crippen molar-refractivity contribution >= 4 is 11.8 Å². The van der Waals surface area contributed by atoms with E-state index in [0.717, 1.165) is 25.7 Å². The second-order valence-electron chi connectivity index (χ2n) is 6.35. The van der Waals surface area contributed by atoms with Gasteiger partial charge in [-0.3, -0.25) is 9.59 Å². The molecule has 1 N–H and O–H groups in total. The molecule has 1 heterocycles. The van der Waals surface area contributed by atoms with E-state index in [2.05, 4.69) is 17.5 Å². The van der Waals surface area contributed by atoms with Crippen LogP contribution in [-0.4, -0.2) is 34.8 Å².